The van der Waals surface area contributed by atoms with Crippen LogP contribution in [0.2, 0.25) is 5.02 Å². The van der Waals surface area contributed by atoms with E-state index in [1.807, 2.05) is 37.4 Å². The average Bonchev–Trinajstić information content (AvgIpc) is 3.35. The normalized spacial score (nSPS) is 11.0. The van der Waals surface area contributed by atoms with Crippen molar-refractivity contribution in [2.75, 3.05) is 17.3 Å². The van der Waals surface area contributed by atoms with E-state index in [0.29, 0.717) is 16.4 Å². The van der Waals surface area contributed by atoms with Crippen molar-refractivity contribution in [3.63, 3.8) is 0 Å². The third kappa shape index (κ3) is 4.46. The zero-order chi connectivity index (χ0) is 22.8. The second-order valence-corrected chi connectivity index (χ2v) is 8.09. The molecular weight excluding hydrogens is 455 g/mol. The van der Waals surface area contributed by atoms with Gasteiger partial charge >= 0.3 is 0 Å². The molecule has 0 fully saturated rings. The minimum atomic E-state index is -0.497. The predicted molar refractivity (Wildman–Crippen MR) is 122 cm³/mol. The minimum absolute atomic E-state index is 0.0896. The number of anilines is 2. The summed E-state index contributed by atoms with van der Waals surface area (Å²) >= 11 is 7.30. The first-order valence-corrected chi connectivity index (χ1v) is 11.0. The van der Waals surface area contributed by atoms with Gasteiger partial charge in [-0.05, 0) is 37.4 Å². The number of nitrogens with one attached hydrogen (secondary N) is 1. The van der Waals surface area contributed by atoms with E-state index in [1.54, 1.807) is 0 Å². The van der Waals surface area contributed by atoms with Crippen molar-refractivity contribution in [1.82, 2.24) is 19.9 Å². The molecule has 32 heavy (non-hydrogen) atoms. The molecule has 2 aromatic heterocycles. The summed E-state index contributed by atoms with van der Waals surface area (Å²) in [4.78, 5) is 17.0. The van der Waals surface area contributed by atoms with Crippen LogP contribution in [-0.2, 0) is 11.3 Å². The van der Waals surface area contributed by atoms with Gasteiger partial charge in [-0.2, -0.15) is 10.1 Å². The summed E-state index contributed by atoms with van der Waals surface area (Å²) in [7, 11) is 0. The summed E-state index contributed by atoms with van der Waals surface area (Å²) in [6.45, 7) is 1.79. The monoisotopic (exact) mass is 472 g/mol. The molecule has 0 aliphatic rings. The smallest absolute Gasteiger partial charge is 0.264 e. The van der Waals surface area contributed by atoms with E-state index < -0.39 is 11.7 Å². The number of halogens is 2. The number of nitrogens with two attached hydrogens (primary N) is 1. The number of hydrogen-bond acceptors (Lipinski definition) is 7. The van der Waals surface area contributed by atoms with E-state index in [0.717, 1.165) is 17.2 Å². The van der Waals surface area contributed by atoms with Crippen molar-refractivity contribution in [3.8, 4) is 22.8 Å². The molecule has 0 unspecified atom stereocenters. The van der Waals surface area contributed by atoms with E-state index >= 15 is 0 Å². The van der Waals surface area contributed by atoms with Crippen molar-refractivity contribution in [2.45, 2.75) is 18.5 Å². The molecule has 164 valence electrons. The largest absolute Gasteiger partial charge is 0.383 e. The van der Waals surface area contributed by atoms with Gasteiger partial charge in [0.25, 0.3) is 5.89 Å². The summed E-state index contributed by atoms with van der Waals surface area (Å²) in [5.74, 6) is -0.0987. The zero-order valence-corrected chi connectivity index (χ0v) is 18.7. The number of nitrogens with zero attached hydrogens (tertiary/aromatic N) is 4. The third-order valence-electron chi connectivity index (χ3n) is 4.57. The number of rotatable bonds is 6. The Morgan fingerprint density at radius 3 is 2.84 bits per heavy atom. The fourth-order valence-corrected chi connectivity index (χ4v) is 3.85. The summed E-state index contributed by atoms with van der Waals surface area (Å²) in [5.41, 5.74) is 8.90. The minimum Gasteiger partial charge on any atom is -0.383 e. The Labute approximate surface area is 191 Å². The highest BCUT2D eigenvalue weighted by atomic mass is 35.5. The Balaban J connectivity index is 1.59. The predicted octanol–water partition coefficient (Wildman–Crippen LogP) is 4.64. The maximum atomic E-state index is 13.2. The van der Waals surface area contributed by atoms with E-state index in [9.17, 15) is 9.18 Å². The van der Waals surface area contributed by atoms with Gasteiger partial charge in [-0.15, -0.1) is 11.8 Å². The van der Waals surface area contributed by atoms with Crippen LogP contribution in [0.1, 0.15) is 5.56 Å². The van der Waals surface area contributed by atoms with Gasteiger partial charge in [0.15, 0.2) is 0 Å². The van der Waals surface area contributed by atoms with Crippen molar-refractivity contribution in [3.05, 3.63) is 58.9 Å². The molecule has 1 amide bonds. The van der Waals surface area contributed by atoms with Crippen molar-refractivity contribution in [1.29, 1.82) is 0 Å². The molecule has 0 bridgehead atoms. The lowest BCUT2D eigenvalue weighted by Crippen LogP contribution is -2.20. The van der Waals surface area contributed by atoms with Gasteiger partial charge in [0, 0.05) is 5.56 Å². The summed E-state index contributed by atoms with van der Waals surface area (Å²) < 4.78 is 20.0. The number of carbonyl (C=O) groups excluding carboxylic acids is 1. The molecule has 0 radical (unpaired) electrons. The molecule has 0 spiro atoms. The maximum absolute atomic E-state index is 13.2. The molecule has 0 saturated carbocycles. The van der Waals surface area contributed by atoms with Crippen LogP contribution in [0.3, 0.4) is 0 Å². The Morgan fingerprint density at radius 1 is 1.31 bits per heavy atom. The Hall–Kier alpha value is -3.37. The lowest BCUT2D eigenvalue weighted by molar-refractivity contribution is -0.116. The number of aromatic nitrogens is 4. The molecule has 8 nitrogen and oxygen atoms in total. The van der Waals surface area contributed by atoms with Gasteiger partial charge in [0.1, 0.15) is 28.8 Å². The van der Waals surface area contributed by atoms with Crippen LogP contribution in [0.4, 0.5) is 15.9 Å². The number of amides is 1. The van der Waals surface area contributed by atoms with Gasteiger partial charge in [0.2, 0.25) is 11.7 Å². The maximum Gasteiger partial charge on any atom is 0.264 e. The SMILES string of the molecule is CSc1nn(CC(=O)Nc2ccc(F)cc2Cl)c(N)c1-c1nc(-c2cccc(C)c2)no1. The van der Waals surface area contributed by atoms with Gasteiger partial charge in [-0.3, -0.25) is 4.79 Å². The van der Waals surface area contributed by atoms with E-state index in [1.165, 1.54) is 28.6 Å². The average molecular weight is 473 g/mol. The Morgan fingerprint density at radius 2 is 2.12 bits per heavy atom. The third-order valence-corrected chi connectivity index (χ3v) is 5.55. The van der Waals surface area contributed by atoms with Crippen LogP contribution >= 0.6 is 23.4 Å². The van der Waals surface area contributed by atoms with Crippen LogP contribution in [-0.4, -0.2) is 32.1 Å². The molecule has 4 rings (SSSR count). The number of aryl methyl sites for hydroxylation is 1. The van der Waals surface area contributed by atoms with E-state index in [2.05, 4.69) is 20.6 Å². The second kappa shape index (κ2) is 9.01. The molecule has 11 heteroatoms. The molecule has 0 aliphatic carbocycles. The molecule has 2 heterocycles. The molecular formula is C21H18ClFN6O2S. The van der Waals surface area contributed by atoms with Gasteiger partial charge < -0.3 is 15.6 Å². The molecule has 3 N–H and O–H groups in total. The molecule has 4 aromatic rings. The Kier molecular flexibility index (Phi) is 6.15. The molecule has 0 saturated heterocycles. The van der Waals surface area contributed by atoms with Crippen molar-refractivity contribution >= 4 is 40.8 Å². The quantitative estimate of drug-likeness (QED) is 0.393. The molecule has 0 aliphatic heterocycles. The first-order chi connectivity index (χ1) is 15.4. The number of carbonyl (C=O) groups is 1. The highest BCUT2D eigenvalue weighted by Crippen LogP contribution is 2.35. The lowest BCUT2D eigenvalue weighted by atomic mass is 10.1. The number of hydrogen-bond donors (Lipinski definition) is 2. The number of thioether (sulfide) groups is 1. The van der Waals surface area contributed by atoms with Crippen LogP contribution in [0.15, 0.2) is 52.0 Å². The number of benzene rings is 2. The standard InChI is InChI=1S/C21H18ClFN6O2S/c1-11-4-3-5-12(8-11)19-26-20(31-28-19)17-18(24)29(27-21(17)32-2)10-16(30)25-15-7-6-13(23)9-14(15)22/h3-9H,10,24H2,1-2H3,(H,25,30). The molecule has 0 atom stereocenters. The lowest BCUT2D eigenvalue weighted by Gasteiger charge is -2.08. The van der Waals surface area contributed by atoms with Crippen LogP contribution in [0.5, 0.6) is 0 Å². The van der Waals surface area contributed by atoms with Crippen LogP contribution in [0, 0.1) is 12.7 Å². The van der Waals surface area contributed by atoms with Gasteiger partial charge in [-0.25, -0.2) is 9.07 Å². The van der Waals surface area contributed by atoms with Gasteiger partial charge in [-0.1, -0.05) is 40.5 Å². The summed E-state index contributed by atoms with van der Waals surface area (Å²) in [6, 6.07) is 11.4. The molecule has 2 aromatic carbocycles. The van der Waals surface area contributed by atoms with E-state index in [-0.39, 0.29) is 29.0 Å². The second-order valence-electron chi connectivity index (χ2n) is 6.89. The zero-order valence-electron chi connectivity index (χ0n) is 17.1. The summed E-state index contributed by atoms with van der Waals surface area (Å²) in [5, 5.41) is 11.7. The van der Waals surface area contributed by atoms with Crippen molar-refractivity contribution in [2.24, 2.45) is 0 Å². The summed E-state index contributed by atoms with van der Waals surface area (Å²) in [6.07, 6.45) is 1.83. The fraction of sp³-hybridized carbons (Fsp3) is 0.143. The Bertz CT molecular complexity index is 1310. The first kappa shape index (κ1) is 21.8. The van der Waals surface area contributed by atoms with Gasteiger partial charge in [0.05, 0.1) is 10.7 Å². The van der Waals surface area contributed by atoms with Crippen molar-refractivity contribution < 1.29 is 13.7 Å². The topological polar surface area (TPSA) is 112 Å². The highest BCUT2D eigenvalue weighted by molar-refractivity contribution is 7.98. The number of nitrogen functional groups attached to an aromatic ring is 1. The highest BCUT2D eigenvalue weighted by Gasteiger charge is 2.24. The van der Waals surface area contributed by atoms with Crippen LogP contribution < -0.4 is 11.1 Å². The van der Waals surface area contributed by atoms with Crippen LogP contribution in [0.25, 0.3) is 22.8 Å². The fourth-order valence-electron chi connectivity index (χ4n) is 3.06. The van der Waals surface area contributed by atoms with E-state index in [4.69, 9.17) is 21.9 Å². The first-order valence-electron chi connectivity index (χ1n) is 9.42.